The summed E-state index contributed by atoms with van der Waals surface area (Å²) in [6.45, 7) is 1.01. The van der Waals surface area contributed by atoms with Gasteiger partial charge in [0.1, 0.15) is 5.82 Å². The summed E-state index contributed by atoms with van der Waals surface area (Å²) < 4.78 is 1.75. The molecule has 112 valence electrons. The number of rotatable bonds is 5. The molecule has 7 heteroatoms. The summed E-state index contributed by atoms with van der Waals surface area (Å²) in [6.07, 6.45) is 3.37. The lowest BCUT2D eigenvalue weighted by molar-refractivity contribution is 0.251. The molecule has 22 heavy (non-hydrogen) atoms. The van der Waals surface area contributed by atoms with Gasteiger partial charge in [0.05, 0.1) is 25.0 Å². The molecule has 0 fully saturated rings. The van der Waals surface area contributed by atoms with Crippen LogP contribution in [0.3, 0.4) is 0 Å². The van der Waals surface area contributed by atoms with Crippen LogP contribution < -0.4 is 10.6 Å². The zero-order valence-corrected chi connectivity index (χ0v) is 12.6. The molecule has 0 bridgehead atoms. The van der Waals surface area contributed by atoms with Gasteiger partial charge in [-0.2, -0.15) is 16.4 Å². The van der Waals surface area contributed by atoms with Gasteiger partial charge in [0.2, 0.25) is 0 Å². The SMILES string of the molecule is O=C(NCc1ccccn1)Nc1ccnn1Cc1ccsc1. The number of carbonyl (C=O) groups is 1. The van der Waals surface area contributed by atoms with E-state index in [1.165, 1.54) is 0 Å². The number of hydrogen-bond acceptors (Lipinski definition) is 4. The predicted molar refractivity (Wildman–Crippen MR) is 85.7 cm³/mol. The third-order valence-corrected chi connectivity index (χ3v) is 3.76. The van der Waals surface area contributed by atoms with Crippen LogP contribution in [0.15, 0.2) is 53.5 Å². The molecule has 3 rings (SSSR count). The first-order valence-electron chi connectivity index (χ1n) is 6.79. The summed E-state index contributed by atoms with van der Waals surface area (Å²) in [5.41, 5.74) is 1.97. The Morgan fingerprint density at radius 2 is 2.18 bits per heavy atom. The minimum atomic E-state index is -0.280. The molecule has 6 nitrogen and oxygen atoms in total. The Morgan fingerprint density at radius 1 is 1.23 bits per heavy atom. The summed E-state index contributed by atoms with van der Waals surface area (Å²) in [7, 11) is 0. The van der Waals surface area contributed by atoms with Gasteiger partial charge in [-0.15, -0.1) is 0 Å². The molecule has 3 aromatic rings. The molecule has 0 atom stereocenters. The van der Waals surface area contributed by atoms with Gasteiger partial charge in [0, 0.05) is 12.3 Å². The number of hydrogen-bond donors (Lipinski definition) is 2. The van der Waals surface area contributed by atoms with Crippen molar-refractivity contribution in [1.82, 2.24) is 20.1 Å². The van der Waals surface area contributed by atoms with Gasteiger partial charge in [0.15, 0.2) is 0 Å². The fourth-order valence-corrected chi connectivity index (χ4v) is 2.61. The molecule has 2 N–H and O–H groups in total. The lowest BCUT2D eigenvalue weighted by Gasteiger charge is -2.09. The van der Waals surface area contributed by atoms with Gasteiger partial charge in [-0.1, -0.05) is 6.07 Å². The second-order valence-corrected chi connectivity index (χ2v) is 5.41. The van der Waals surface area contributed by atoms with E-state index in [4.69, 9.17) is 0 Å². The van der Waals surface area contributed by atoms with Gasteiger partial charge in [-0.05, 0) is 34.5 Å². The summed E-state index contributed by atoms with van der Waals surface area (Å²) in [4.78, 5) is 16.1. The number of anilines is 1. The van der Waals surface area contributed by atoms with E-state index in [2.05, 4.69) is 26.1 Å². The maximum Gasteiger partial charge on any atom is 0.320 e. The molecule has 3 aromatic heterocycles. The smallest absolute Gasteiger partial charge is 0.320 e. The van der Waals surface area contributed by atoms with Crippen molar-refractivity contribution in [3.05, 3.63) is 64.7 Å². The van der Waals surface area contributed by atoms with Crippen LogP contribution in [0.1, 0.15) is 11.3 Å². The molecule has 0 saturated carbocycles. The lowest BCUT2D eigenvalue weighted by Crippen LogP contribution is -2.29. The van der Waals surface area contributed by atoms with Crippen LogP contribution >= 0.6 is 11.3 Å². The molecule has 0 unspecified atom stereocenters. The van der Waals surface area contributed by atoms with Crippen molar-refractivity contribution in [2.45, 2.75) is 13.1 Å². The number of carbonyl (C=O) groups excluding carboxylic acids is 1. The molecule has 0 aliphatic rings. The number of urea groups is 1. The van der Waals surface area contributed by atoms with Crippen molar-refractivity contribution in [2.24, 2.45) is 0 Å². The molecular formula is C15H15N5OS. The quantitative estimate of drug-likeness (QED) is 0.761. The predicted octanol–water partition coefficient (Wildman–Crippen LogP) is 2.71. The number of pyridine rings is 1. The largest absolute Gasteiger partial charge is 0.332 e. The number of nitrogens with one attached hydrogen (secondary N) is 2. The van der Waals surface area contributed by atoms with Crippen molar-refractivity contribution >= 4 is 23.2 Å². The highest BCUT2D eigenvalue weighted by molar-refractivity contribution is 7.07. The standard InChI is InChI=1S/C15H15N5OS/c21-15(17-9-13-3-1-2-6-16-13)19-14-4-7-18-20(14)10-12-5-8-22-11-12/h1-8,11H,9-10H2,(H2,17,19,21). The van der Waals surface area contributed by atoms with Crippen molar-refractivity contribution in [3.63, 3.8) is 0 Å². The highest BCUT2D eigenvalue weighted by Gasteiger charge is 2.07. The first-order valence-corrected chi connectivity index (χ1v) is 7.73. The van der Waals surface area contributed by atoms with E-state index >= 15 is 0 Å². The summed E-state index contributed by atoms with van der Waals surface area (Å²) in [5, 5.41) is 13.9. The molecule has 3 heterocycles. The zero-order chi connectivity index (χ0) is 15.2. The zero-order valence-electron chi connectivity index (χ0n) is 11.8. The number of amides is 2. The highest BCUT2D eigenvalue weighted by atomic mass is 32.1. The first-order chi connectivity index (χ1) is 10.8. The molecule has 2 amide bonds. The highest BCUT2D eigenvalue weighted by Crippen LogP contribution is 2.12. The van der Waals surface area contributed by atoms with Crippen LogP contribution in [0.4, 0.5) is 10.6 Å². The third-order valence-electron chi connectivity index (χ3n) is 3.03. The minimum Gasteiger partial charge on any atom is -0.332 e. The van der Waals surface area contributed by atoms with Crippen molar-refractivity contribution in [3.8, 4) is 0 Å². The maximum absolute atomic E-state index is 11.9. The van der Waals surface area contributed by atoms with E-state index in [0.717, 1.165) is 11.3 Å². The maximum atomic E-state index is 11.9. The topological polar surface area (TPSA) is 71.8 Å². The number of aromatic nitrogens is 3. The van der Waals surface area contributed by atoms with Gasteiger partial charge >= 0.3 is 6.03 Å². The lowest BCUT2D eigenvalue weighted by atomic mass is 10.3. The molecule has 0 saturated heterocycles. The molecule has 0 radical (unpaired) electrons. The van der Waals surface area contributed by atoms with E-state index in [-0.39, 0.29) is 6.03 Å². The Bertz CT molecular complexity index is 723. The summed E-state index contributed by atoms with van der Waals surface area (Å²) in [6, 6.07) is 9.12. The monoisotopic (exact) mass is 313 g/mol. The van der Waals surface area contributed by atoms with Crippen LogP contribution in [0.5, 0.6) is 0 Å². The Morgan fingerprint density at radius 3 is 2.95 bits per heavy atom. The Kier molecular flexibility index (Phi) is 4.45. The second-order valence-electron chi connectivity index (χ2n) is 4.63. The fourth-order valence-electron chi connectivity index (χ4n) is 1.95. The third kappa shape index (κ3) is 3.70. The van der Waals surface area contributed by atoms with Gasteiger partial charge in [0.25, 0.3) is 0 Å². The number of thiophene rings is 1. The van der Waals surface area contributed by atoms with E-state index < -0.39 is 0 Å². The van der Waals surface area contributed by atoms with Crippen molar-refractivity contribution in [2.75, 3.05) is 5.32 Å². The average Bonchev–Trinajstić information content (AvgIpc) is 3.20. The van der Waals surface area contributed by atoms with Crippen LogP contribution in [0, 0.1) is 0 Å². The van der Waals surface area contributed by atoms with E-state index in [0.29, 0.717) is 18.9 Å². The van der Waals surface area contributed by atoms with Gasteiger partial charge < -0.3 is 5.32 Å². The number of nitrogens with zero attached hydrogens (tertiary/aromatic N) is 3. The summed E-state index contributed by atoms with van der Waals surface area (Å²) in [5.74, 6) is 0.657. The van der Waals surface area contributed by atoms with Gasteiger partial charge in [-0.3, -0.25) is 10.3 Å². The van der Waals surface area contributed by atoms with Crippen molar-refractivity contribution in [1.29, 1.82) is 0 Å². The van der Waals surface area contributed by atoms with Crippen molar-refractivity contribution < 1.29 is 4.79 Å². The second kappa shape index (κ2) is 6.86. The van der Waals surface area contributed by atoms with E-state index in [1.807, 2.05) is 29.6 Å². The van der Waals surface area contributed by atoms with Gasteiger partial charge in [-0.25, -0.2) is 9.48 Å². The fraction of sp³-hybridized carbons (Fsp3) is 0.133. The molecule has 0 spiro atoms. The minimum absolute atomic E-state index is 0.280. The van der Waals surface area contributed by atoms with Crippen LogP contribution in [-0.4, -0.2) is 20.8 Å². The Labute approximate surface area is 131 Å². The molecule has 0 aromatic carbocycles. The van der Waals surface area contributed by atoms with E-state index in [1.54, 1.807) is 34.5 Å². The van der Waals surface area contributed by atoms with Crippen LogP contribution in [-0.2, 0) is 13.1 Å². The first kappa shape index (κ1) is 14.3. The molecule has 0 aliphatic heterocycles. The van der Waals surface area contributed by atoms with Crippen LogP contribution in [0.25, 0.3) is 0 Å². The summed E-state index contributed by atoms with van der Waals surface area (Å²) >= 11 is 1.64. The molecular weight excluding hydrogens is 298 g/mol. The molecule has 0 aliphatic carbocycles. The average molecular weight is 313 g/mol. The van der Waals surface area contributed by atoms with E-state index in [9.17, 15) is 4.79 Å². The van der Waals surface area contributed by atoms with Crippen LogP contribution in [0.2, 0.25) is 0 Å². The Hall–Kier alpha value is -2.67. The normalized spacial score (nSPS) is 10.4. The Balaban J connectivity index is 1.56.